The summed E-state index contributed by atoms with van der Waals surface area (Å²) in [5.41, 5.74) is 15.5. The van der Waals surface area contributed by atoms with E-state index in [9.17, 15) is 4.21 Å². The number of hydrogen-bond donors (Lipinski definition) is 2. The zero-order valence-corrected chi connectivity index (χ0v) is 19.3. The molecular weight excluding hydrogens is 408 g/mol. The molecule has 1 atom stereocenters. The molecule has 3 N–H and O–H groups in total. The second kappa shape index (κ2) is 10.4. The van der Waals surface area contributed by atoms with Gasteiger partial charge in [-0.25, -0.2) is 5.48 Å². The first-order valence-electron chi connectivity index (χ1n) is 10.3. The summed E-state index contributed by atoms with van der Waals surface area (Å²) < 4.78 is 18.1. The van der Waals surface area contributed by atoms with Gasteiger partial charge in [0, 0.05) is 23.2 Å². The number of benzene rings is 1. The van der Waals surface area contributed by atoms with Crippen LogP contribution < -0.4 is 16.0 Å². The third-order valence-corrected chi connectivity index (χ3v) is 6.60. The van der Waals surface area contributed by atoms with Gasteiger partial charge in [0.05, 0.1) is 22.8 Å². The van der Waals surface area contributed by atoms with Crippen LogP contribution in [-0.2, 0) is 15.6 Å². The summed E-state index contributed by atoms with van der Waals surface area (Å²) in [4.78, 5) is 6.20. The molecule has 2 aliphatic rings. The maximum atomic E-state index is 12.7. The molecule has 0 saturated heterocycles. The smallest absolute Gasteiger partial charge is 0.137 e. The topological polar surface area (TPSA) is 73.6 Å². The van der Waals surface area contributed by atoms with Gasteiger partial charge in [0.15, 0.2) is 0 Å². The lowest BCUT2D eigenvalue weighted by molar-refractivity contribution is 0.136. The minimum absolute atomic E-state index is 0.397. The van der Waals surface area contributed by atoms with Crippen LogP contribution in [-0.4, -0.2) is 17.1 Å². The Morgan fingerprint density at radius 1 is 1.19 bits per heavy atom. The number of nitrogens with one attached hydrogen (secondary N) is 1. The van der Waals surface area contributed by atoms with Crippen molar-refractivity contribution in [3.05, 3.63) is 94.1 Å². The van der Waals surface area contributed by atoms with E-state index in [4.69, 9.17) is 15.3 Å². The van der Waals surface area contributed by atoms with Gasteiger partial charge in [-0.15, -0.1) is 0 Å². The van der Waals surface area contributed by atoms with E-state index in [1.807, 2.05) is 62.5 Å². The molecule has 0 amide bonds. The summed E-state index contributed by atoms with van der Waals surface area (Å²) in [6.07, 6.45) is 11.7. The van der Waals surface area contributed by atoms with E-state index in [2.05, 4.69) is 18.5 Å². The number of allylic oxidation sites excluding steroid dienone is 9. The number of rotatable bonds is 6. The minimum atomic E-state index is -1.19. The molecule has 5 nitrogen and oxygen atoms in total. The van der Waals surface area contributed by atoms with Crippen LogP contribution in [0.4, 0.5) is 0 Å². The zero-order valence-electron chi connectivity index (χ0n) is 18.5. The quantitative estimate of drug-likeness (QED) is 0.657. The third-order valence-electron chi connectivity index (χ3n) is 5.28. The fourth-order valence-electron chi connectivity index (χ4n) is 3.65. The van der Waals surface area contributed by atoms with Crippen LogP contribution in [0, 0.1) is 0 Å². The lowest BCUT2D eigenvalue weighted by atomic mass is 9.91. The summed E-state index contributed by atoms with van der Waals surface area (Å²) >= 11 is 0. The summed E-state index contributed by atoms with van der Waals surface area (Å²) in [5, 5.41) is 0. The van der Waals surface area contributed by atoms with Crippen molar-refractivity contribution >= 4 is 10.8 Å². The van der Waals surface area contributed by atoms with Crippen LogP contribution in [0.15, 0.2) is 99.0 Å². The normalized spacial score (nSPS) is 18.4. The molecule has 0 spiro atoms. The number of para-hydroxylation sites is 1. The molecule has 0 radical (unpaired) electrons. The standard InChI is InChI=1S/C25H30N2O3S/c1-17-11-12-20(8-7-13-31(28)24-10-6-5-9-23(24)29-4)22(26)15-21(14-17)25-18(2)16-27-30-19(25)3/h5-10,14-16,27H,11-13,26H2,1-4H3/b8-7-,17-14?,21-15?,22-20?. The monoisotopic (exact) mass is 438 g/mol. The highest BCUT2D eigenvalue weighted by molar-refractivity contribution is 7.85. The molecule has 0 aromatic heterocycles. The van der Waals surface area contributed by atoms with Gasteiger partial charge >= 0.3 is 0 Å². The third kappa shape index (κ3) is 5.58. The predicted molar refractivity (Wildman–Crippen MR) is 126 cm³/mol. The van der Waals surface area contributed by atoms with Gasteiger partial charge in [-0.2, -0.15) is 0 Å². The molecule has 164 valence electrons. The average molecular weight is 439 g/mol. The van der Waals surface area contributed by atoms with Gasteiger partial charge in [-0.3, -0.25) is 4.21 Å². The number of methoxy groups -OCH3 is 1. The summed E-state index contributed by atoms with van der Waals surface area (Å²) in [5.74, 6) is 1.85. The molecular formula is C25H30N2O3S. The molecule has 3 rings (SSSR count). The molecule has 1 unspecified atom stereocenters. The molecule has 0 fully saturated rings. The van der Waals surface area contributed by atoms with Crippen LogP contribution in [0.2, 0.25) is 0 Å². The zero-order chi connectivity index (χ0) is 22.4. The van der Waals surface area contributed by atoms with Crippen molar-refractivity contribution in [2.45, 2.75) is 38.5 Å². The first-order valence-corrected chi connectivity index (χ1v) is 11.6. The SMILES string of the molecule is COc1ccccc1S(=O)C/C=C\C1=C(N)C=C(C2=C(C)ONC=C2C)C=C(C)CC1. The van der Waals surface area contributed by atoms with Gasteiger partial charge < -0.3 is 15.3 Å². The fraction of sp³-hybridized carbons (Fsp3) is 0.280. The molecule has 1 aromatic carbocycles. The lowest BCUT2D eigenvalue weighted by Gasteiger charge is -2.21. The van der Waals surface area contributed by atoms with Crippen molar-refractivity contribution in [2.75, 3.05) is 12.9 Å². The van der Waals surface area contributed by atoms with Crippen molar-refractivity contribution in [1.29, 1.82) is 0 Å². The van der Waals surface area contributed by atoms with E-state index in [1.54, 1.807) is 7.11 Å². The van der Waals surface area contributed by atoms with Crippen LogP contribution in [0.5, 0.6) is 5.75 Å². The first-order chi connectivity index (χ1) is 14.9. The van der Waals surface area contributed by atoms with Crippen molar-refractivity contribution in [3.8, 4) is 5.75 Å². The molecule has 0 bridgehead atoms. The fourth-order valence-corrected chi connectivity index (χ4v) is 4.71. The van der Waals surface area contributed by atoms with Crippen LogP contribution in [0.1, 0.15) is 33.6 Å². The summed E-state index contributed by atoms with van der Waals surface area (Å²) in [6.45, 7) is 6.12. The van der Waals surface area contributed by atoms with Crippen molar-refractivity contribution in [3.63, 3.8) is 0 Å². The largest absolute Gasteiger partial charge is 0.495 e. The maximum Gasteiger partial charge on any atom is 0.137 e. The van der Waals surface area contributed by atoms with E-state index in [0.717, 1.165) is 40.9 Å². The molecule has 1 aromatic rings. The highest BCUT2D eigenvalue weighted by Crippen LogP contribution is 2.31. The Kier molecular flexibility index (Phi) is 7.58. The Labute approximate surface area is 187 Å². The van der Waals surface area contributed by atoms with Crippen molar-refractivity contribution < 1.29 is 13.8 Å². The second-order valence-electron chi connectivity index (χ2n) is 7.61. The van der Waals surface area contributed by atoms with Crippen molar-refractivity contribution in [1.82, 2.24) is 5.48 Å². The maximum absolute atomic E-state index is 12.7. The number of hydroxylamine groups is 1. The van der Waals surface area contributed by atoms with E-state index in [1.165, 1.54) is 5.57 Å². The Morgan fingerprint density at radius 2 is 1.97 bits per heavy atom. The van der Waals surface area contributed by atoms with E-state index in [0.29, 0.717) is 22.1 Å². The minimum Gasteiger partial charge on any atom is -0.495 e. The number of hydrogen-bond acceptors (Lipinski definition) is 5. The predicted octanol–water partition coefficient (Wildman–Crippen LogP) is 4.95. The van der Waals surface area contributed by atoms with Gasteiger partial charge in [-0.05, 0) is 68.5 Å². The van der Waals surface area contributed by atoms with Crippen LogP contribution in [0.25, 0.3) is 0 Å². The highest BCUT2D eigenvalue weighted by atomic mass is 32.2. The molecule has 0 saturated carbocycles. The Bertz CT molecular complexity index is 1060. The Morgan fingerprint density at radius 3 is 2.71 bits per heavy atom. The summed E-state index contributed by atoms with van der Waals surface area (Å²) in [7, 11) is 0.404. The van der Waals surface area contributed by atoms with Crippen LogP contribution >= 0.6 is 0 Å². The van der Waals surface area contributed by atoms with E-state index >= 15 is 0 Å². The molecule has 1 heterocycles. The lowest BCUT2D eigenvalue weighted by Crippen LogP contribution is -2.15. The van der Waals surface area contributed by atoms with Gasteiger partial charge in [0.1, 0.15) is 11.5 Å². The molecule has 31 heavy (non-hydrogen) atoms. The highest BCUT2D eigenvalue weighted by Gasteiger charge is 2.17. The average Bonchev–Trinajstić information content (AvgIpc) is 2.74. The van der Waals surface area contributed by atoms with Gasteiger partial charge in [0.25, 0.3) is 0 Å². The first kappa shape index (κ1) is 22.7. The van der Waals surface area contributed by atoms with Gasteiger partial charge in [-0.1, -0.05) is 35.9 Å². The molecule has 1 aliphatic carbocycles. The van der Waals surface area contributed by atoms with E-state index < -0.39 is 10.8 Å². The summed E-state index contributed by atoms with van der Waals surface area (Å²) in [6, 6.07) is 7.40. The van der Waals surface area contributed by atoms with Crippen LogP contribution in [0.3, 0.4) is 0 Å². The number of nitrogens with two attached hydrogens (primary N) is 1. The molecule has 1 aliphatic heterocycles. The Balaban J connectivity index is 1.85. The van der Waals surface area contributed by atoms with Crippen molar-refractivity contribution in [2.24, 2.45) is 5.73 Å². The second-order valence-corrected chi connectivity index (χ2v) is 9.08. The number of ether oxygens (including phenoxy) is 1. The van der Waals surface area contributed by atoms with Gasteiger partial charge in [0.2, 0.25) is 0 Å². The molecule has 6 heteroatoms. The van der Waals surface area contributed by atoms with E-state index in [-0.39, 0.29) is 0 Å². The Hall–Kier alpha value is -2.99.